The lowest BCUT2D eigenvalue weighted by atomic mass is 10.1. The Bertz CT molecular complexity index is 721. The van der Waals surface area contributed by atoms with E-state index in [1.54, 1.807) is 13.3 Å². The van der Waals surface area contributed by atoms with Gasteiger partial charge in [-0.25, -0.2) is 4.79 Å². The second kappa shape index (κ2) is 9.37. The molecular formula is C21H28N4O2. The monoisotopic (exact) mass is 368 g/mol. The average Bonchev–Trinajstić information content (AvgIpc) is 3.12. The minimum Gasteiger partial charge on any atom is -0.497 e. The van der Waals surface area contributed by atoms with Gasteiger partial charge in [-0.15, -0.1) is 0 Å². The number of pyridine rings is 1. The molecule has 0 spiro atoms. The summed E-state index contributed by atoms with van der Waals surface area (Å²) in [5, 5.41) is 3.12. The summed E-state index contributed by atoms with van der Waals surface area (Å²) in [5.41, 5.74) is 1.93. The minimum atomic E-state index is -0.0500. The average molecular weight is 368 g/mol. The lowest BCUT2D eigenvalue weighted by Gasteiger charge is -2.24. The molecule has 0 radical (unpaired) electrons. The fourth-order valence-electron chi connectivity index (χ4n) is 3.37. The SMILES string of the molecule is COc1ccc(CN(Cc2ccccn2)C(=O)NCC2CCN(C)C2)cc1. The van der Waals surface area contributed by atoms with Crippen LogP contribution in [-0.2, 0) is 13.1 Å². The zero-order chi connectivity index (χ0) is 19.1. The summed E-state index contributed by atoms with van der Waals surface area (Å²) in [5.74, 6) is 1.33. The summed E-state index contributed by atoms with van der Waals surface area (Å²) in [6, 6.07) is 13.5. The van der Waals surface area contributed by atoms with Crippen molar-refractivity contribution in [3.05, 3.63) is 59.9 Å². The van der Waals surface area contributed by atoms with Gasteiger partial charge in [-0.3, -0.25) is 4.98 Å². The molecule has 1 atom stereocenters. The maximum Gasteiger partial charge on any atom is 0.318 e. The molecule has 1 fully saturated rings. The van der Waals surface area contributed by atoms with Crippen LogP contribution in [0.4, 0.5) is 4.79 Å². The van der Waals surface area contributed by atoms with Gasteiger partial charge in [0.1, 0.15) is 5.75 Å². The van der Waals surface area contributed by atoms with Gasteiger partial charge >= 0.3 is 6.03 Å². The van der Waals surface area contributed by atoms with E-state index < -0.39 is 0 Å². The molecule has 1 unspecified atom stereocenters. The van der Waals surface area contributed by atoms with E-state index >= 15 is 0 Å². The van der Waals surface area contributed by atoms with E-state index in [9.17, 15) is 4.79 Å². The standard InChI is InChI=1S/C21H28N4O2/c1-24-12-10-18(14-24)13-23-21(26)25(16-19-5-3-4-11-22-19)15-17-6-8-20(27-2)9-7-17/h3-9,11,18H,10,12-16H2,1-2H3,(H,23,26). The Morgan fingerprint density at radius 2 is 2.07 bits per heavy atom. The van der Waals surface area contributed by atoms with Gasteiger partial charge in [0.25, 0.3) is 0 Å². The summed E-state index contributed by atoms with van der Waals surface area (Å²) in [6.45, 7) is 3.85. The third-order valence-electron chi connectivity index (χ3n) is 4.93. The number of amides is 2. The highest BCUT2D eigenvalue weighted by molar-refractivity contribution is 5.74. The number of hydrogen-bond acceptors (Lipinski definition) is 4. The van der Waals surface area contributed by atoms with Crippen molar-refractivity contribution in [3.8, 4) is 5.75 Å². The number of aromatic nitrogens is 1. The first-order valence-corrected chi connectivity index (χ1v) is 9.38. The van der Waals surface area contributed by atoms with E-state index in [4.69, 9.17) is 4.74 Å². The van der Waals surface area contributed by atoms with Crippen LogP contribution in [0.5, 0.6) is 5.75 Å². The van der Waals surface area contributed by atoms with Gasteiger partial charge in [0.05, 0.1) is 19.3 Å². The third kappa shape index (κ3) is 5.69. The molecular weight excluding hydrogens is 340 g/mol. The number of carbonyl (C=O) groups is 1. The topological polar surface area (TPSA) is 57.7 Å². The van der Waals surface area contributed by atoms with E-state index in [2.05, 4.69) is 22.2 Å². The number of carbonyl (C=O) groups excluding carboxylic acids is 1. The normalized spacial score (nSPS) is 16.9. The van der Waals surface area contributed by atoms with Crippen LogP contribution in [0.3, 0.4) is 0 Å². The van der Waals surface area contributed by atoms with Gasteiger partial charge in [0, 0.05) is 25.8 Å². The number of benzene rings is 1. The number of likely N-dealkylation sites (tertiary alicyclic amines) is 1. The molecule has 2 amide bonds. The van der Waals surface area contributed by atoms with E-state index in [1.165, 1.54) is 0 Å². The Kier molecular flexibility index (Phi) is 6.65. The van der Waals surface area contributed by atoms with Crippen molar-refractivity contribution >= 4 is 6.03 Å². The van der Waals surface area contributed by atoms with Gasteiger partial charge in [0.2, 0.25) is 0 Å². The third-order valence-corrected chi connectivity index (χ3v) is 4.93. The van der Waals surface area contributed by atoms with Crippen LogP contribution in [0.15, 0.2) is 48.7 Å². The molecule has 1 N–H and O–H groups in total. The molecule has 6 nitrogen and oxygen atoms in total. The Morgan fingerprint density at radius 1 is 1.26 bits per heavy atom. The molecule has 27 heavy (non-hydrogen) atoms. The summed E-state index contributed by atoms with van der Waals surface area (Å²) >= 11 is 0. The molecule has 0 aliphatic carbocycles. The number of urea groups is 1. The van der Waals surface area contributed by atoms with Gasteiger partial charge in [-0.1, -0.05) is 18.2 Å². The molecule has 0 saturated carbocycles. The van der Waals surface area contributed by atoms with Crippen LogP contribution >= 0.6 is 0 Å². The van der Waals surface area contributed by atoms with Crippen molar-refractivity contribution in [2.75, 3.05) is 33.8 Å². The Morgan fingerprint density at radius 3 is 2.70 bits per heavy atom. The largest absolute Gasteiger partial charge is 0.497 e. The van der Waals surface area contributed by atoms with Crippen LogP contribution in [0, 0.1) is 5.92 Å². The number of hydrogen-bond donors (Lipinski definition) is 1. The smallest absolute Gasteiger partial charge is 0.318 e. The van der Waals surface area contributed by atoms with Crippen molar-refractivity contribution in [1.82, 2.24) is 20.1 Å². The molecule has 1 aromatic carbocycles. The van der Waals surface area contributed by atoms with Gasteiger partial charge in [-0.05, 0) is 55.8 Å². The molecule has 1 saturated heterocycles. The maximum absolute atomic E-state index is 12.9. The zero-order valence-corrected chi connectivity index (χ0v) is 16.1. The second-order valence-electron chi connectivity index (χ2n) is 7.13. The predicted molar refractivity (Wildman–Crippen MR) is 105 cm³/mol. The van der Waals surface area contributed by atoms with Crippen LogP contribution in [0.25, 0.3) is 0 Å². The van der Waals surface area contributed by atoms with Crippen LogP contribution in [0.2, 0.25) is 0 Å². The fourth-order valence-corrected chi connectivity index (χ4v) is 3.37. The number of ether oxygens (including phenoxy) is 1. The van der Waals surface area contributed by atoms with Crippen molar-refractivity contribution in [3.63, 3.8) is 0 Å². The summed E-state index contributed by atoms with van der Waals surface area (Å²) in [4.78, 5) is 21.3. The van der Waals surface area contributed by atoms with Crippen LogP contribution in [0.1, 0.15) is 17.7 Å². The first-order chi connectivity index (χ1) is 13.1. The molecule has 1 aromatic heterocycles. The van der Waals surface area contributed by atoms with Crippen molar-refractivity contribution in [2.24, 2.45) is 5.92 Å². The van der Waals surface area contributed by atoms with Gasteiger partial charge < -0.3 is 19.9 Å². The molecule has 144 valence electrons. The van der Waals surface area contributed by atoms with Crippen molar-refractivity contribution in [2.45, 2.75) is 19.5 Å². The summed E-state index contributed by atoms with van der Waals surface area (Å²) in [7, 11) is 3.77. The Labute approximate surface area is 161 Å². The minimum absolute atomic E-state index is 0.0500. The van der Waals surface area contributed by atoms with E-state index in [0.717, 1.165) is 36.5 Å². The predicted octanol–water partition coefficient (Wildman–Crippen LogP) is 2.75. The Balaban J connectivity index is 1.65. The molecule has 1 aliphatic rings. The molecule has 3 rings (SSSR count). The molecule has 2 aromatic rings. The molecule has 6 heteroatoms. The van der Waals surface area contributed by atoms with E-state index in [1.807, 2.05) is 47.4 Å². The zero-order valence-electron chi connectivity index (χ0n) is 16.1. The highest BCUT2D eigenvalue weighted by atomic mass is 16.5. The number of nitrogens with one attached hydrogen (secondary N) is 1. The summed E-state index contributed by atoms with van der Waals surface area (Å²) < 4.78 is 5.21. The first-order valence-electron chi connectivity index (χ1n) is 9.38. The van der Waals surface area contributed by atoms with Crippen LogP contribution < -0.4 is 10.1 Å². The maximum atomic E-state index is 12.9. The van der Waals surface area contributed by atoms with Gasteiger partial charge in [-0.2, -0.15) is 0 Å². The van der Waals surface area contributed by atoms with Crippen molar-refractivity contribution < 1.29 is 9.53 Å². The molecule has 2 heterocycles. The second-order valence-corrected chi connectivity index (χ2v) is 7.13. The number of methoxy groups -OCH3 is 1. The lowest BCUT2D eigenvalue weighted by Crippen LogP contribution is -2.41. The number of nitrogens with zero attached hydrogens (tertiary/aromatic N) is 3. The molecule has 1 aliphatic heterocycles. The lowest BCUT2D eigenvalue weighted by molar-refractivity contribution is 0.189. The quantitative estimate of drug-likeness (QED) is 0.816. The molecule has 0 bridgehead atoms. The van der Waals surface area contributed by atoms with Gasteiger partial charge in [0.15, 0.2) is 0 Å². The highest BCUT2D eigenvalue weighted by Gasteiger charge is 2.21. The van der Waals surface area contributed by atoms with E-state index in [0.29, 0.717) is 25.6 Å². The van der Waals surface area contributed by atoms with Crippen LogP contribution in [-0.4, -0.2) is 54.6 Å². The summed E-state index contributed by atoms with van der Waals surface area (Å²) in [6.07, 6.45) is 2.89. The Hall–Kier alpha value is -2.60. The highest BCUT2D eigenvalue weighted by Crippen LogP contribution is 2.16. The van der Waals surface area contributed by atoms with E-state index in [-0.39, 0.29) is 6.03 Å². The number of rotatable bonds is 7. The van der Waals surface area contributed by atoms with Crippen molar-refractivity contribution in [1.29, 1.82) is 0 Å². The fraction of sp³-hybridized carbons (Fsp3) is 0.429. The first kappa shape index (κ1) is 19.2.